The van der Waals surface area contributed by atoms with E-state index in [0.29, 0.717) is 12.2 Å². The molecule has 1 amide bonds. The van der Waals surface area contributed by atoms with Gasteiger partial charge in [-0.15, -0.1) is 0 Å². The van der Waals surface area contributed by atoms with Crippen molar-refractivity contribution in [1.29, 1.82) is 0 Å². The maximum Gasteiger partial charge on any atom is 0.272 e. The molecule has 20 heavy (non-hydrogen) atoms. The Labute approximate surface area is 125 Å². The van der Waals surface area contributed by atoms with E-state index in [1.54, 1.807) is 11.1 Å². The monoisotopic (exact) mass is 334 g/mol. The number of carbonyl (C=O) groups excluding carboxylic acids is 1. The maximum absolute atomic E-state index is 12.5. The lowest BCUT2D eigenvalue weighted by Gasteiger charge is -2.22. The van der Waals surface area contributed by atoms with E-state index in [4.69, 9.17) is 0 Å². The minimum Gasteiger partial charge on any atom is -0.394 e. The number of likely N-dealkylation sites (tertiary alicyclic amines) is 1. The van der Waals surface area contributed by atoms with Gasteiger partial charge < -0.3 is 10.0 Å². The molecule has 1 saturated heterocycles. The van der Waals surface area contributed by atoms with Crippen molar-refractivity contribution in [1.82, 2.24) is 9.88 Å². The zero-order valence-corrected chi connectivity index (χ0v) is 12.5. The molecule has 2 heterocycles. The second kappa shape index (κ2) is 5.50. The fraction of sp³-hybridized carbons (Fsp3) is 0.333. The molecule has 0 aliphatic carbocycles. The molecule has 2 aromatic rings. The SMILES string of the molecule is O=C(c1cc2cc(Br)ccc2cn1)N1CCC[C@H]1CO. The van der Waals surface area contributed by atoms with E-state index in [1.165, 1.54) is 0 Å². The number of carbonyl (C=O) groups is 1. The number of nitrogens with zero attached hydrogens (tertiary/aromatic N) is 2. The minimum absolute atomic E-state index is 0.0187. The Morgan fingerprint density at radius 2 is 2.25 bits per heavy atom. The quantitative estimate of drug-likeness (QED) is 0.918. The average molecular weight is 335 g/mol. The summed E-state index contributed by atoms with van der Waals surface area (Å²) in [6, 6.07) is 7.64. The van der Waals surface area contributed by atoms with Gasteiger partial charge in [0.25, 0.3) is 5.91 Å². The largest absolute Gasteiger partial charge is 0.394 e. The average Bonchev–Trinajstić information content (AvgIpc) is 2.94. The Kier molecular flexibility index (Phi) is 3.72. The number of benzene rings is 1. The number of hydrogen-bond donors (Lipinski definition) is 1. The van der Waals surface area contributed by atoms with Crippen LogP contribution in [0.15, 0.2) is 34.9 Å². The van der Waals surface area contributed by atoms with Crippen molar-refractivity contribution in [3.8, 4) is 0 Å². The first-order valence-electron chi connectivity index (χ1n) is 6.66. The van der Waals surface area contributed by atoms with Crippen LogP contribution in [0.1, 0.15) is 23.3 Å². The van der Waals surface area contributed by atoms with Crippen LogP contribution in [0.4, 0.5) is 0 Å². The van der Waals surface area contributed by atoms with Crippen LogP contribution in [0, 0.1) is 0 Å². The highest BCUT2D eigenvalue weighted by atomic mass is 79.9. The molecule has 0 spiro atoms. The number of rotatable bonds is 2. The molecule has 5 heteroatoms. The number of hydrogen-bond acceptors (Lipinski definition) is 3. The molecule has 1 atom stereocenters. The number of amides is 1. The number of aliphatic hydroxyl groups excluding tert-OH is 1. The van der Waals surface area contributed by atoms with Gasteiger partial charge in [-0.25, -0.2) is 0 Å². The summed E-state index contributed by atoms with van der Waals surface area (Å²) in [5.74, 6) is -0.0941. The van der Waals surface area contributed by atoms with Crippen LogP contribution in [0.25, 0.3) is 10.8 Å². The number of pyridine rings is 1. The molecule has 1 aliphatic rings. The Morgan fingerprint density at radius 1 is 1.40 bits per heavy atom. The van der Waals surface area contributed by atoms with Crippen molar-refractivity contribution in [2.24, 2.45) is 0 Å². The second-order valence-electron chi connectivity index (χ2n) is 5.04. The predicted molar refractivity (Wildman–Crippen MR) is 80.6 cm³/mol. The van der Waals surface area contributed by atoms with Gasteiger partial charge in [-0.1, -0.05) is 22.0 Å². The van der Waals surface area contributed by atoms with Crippen molar-refractivity contribution in [3.63, 3.8) is 0 Å². The van der Waals surface area contributed by atoms with Gasteiger partial charge >= 0.3 is 0 Å². The van der Waals surface area contributed by atoms with Crippen LogP contribution in [0.5, 0.6) is 0 Å². The summed E-state index contributed by atoms with van der Waals surface area (Å²) in [6.45, 7) is 0.715. The number of aromatic nitrogens is 1. The third kappa shape index (κ3) is 2.43. The van der Waals surface area contributed by atoms with E-state index in [1.807, 2.05) is 24.3 Å². The van der Waals surface area contributed by atoms with Crippen LogP contribution < -0.4 is 0 Å². The fourth-order valence-corrected chi connectivity index (χ4v) is 3.05. The van der Waals surface area contributed by atoms with Crippen molar-refractivity contribution in [2.75, 3.05) is 13.2 Å². The first-order valence-corrected chi connectivity index (χ1v) is 7.45. The molecule has 1 aromatic carbocycles. The summed E-state index contributed by atoms with van der Waals surface area (Å²) in [4.78, 5) is 18.5. The van der Waals surface area contributed by atoms with Crippen LogP contribution >= 0.6 is 15.9 Å². The maximum atomic E-state index is 12.5. The lowest BCUT2D eigenvalue weighted by molar-refractivity contribution is 0.0672. The molecule has 0 bridgehead atoms. The lowest BCUT2D eigenvalue weighted by Crippen LogP contribution is -2.38. The molecule has 104 valence electrons. The fourth-order valence-electron chi connectivity index (χ4n) is 2.67. The normalized spacial score (nSPS) is 18.7. The lowest BCUT2D eigenvalue weighted by atomic mass is 10.1. The molecule has 1 aromatic heterocycles. The van der Waals surface area contributed by atoms with E-state index in [-0.39, 0.29) is 18.6 Å². The van der Waals surface area contributed by atoms with Gasteiger partial charge in [0.05, 0.1) is 12.6 Å². The van der Waals surface area contributed by atoms with Gasteiger partial charge in [0.15, 0.2) is 0 Å². The third-order valence-electron chi connectivity index (χ3n) is 3.75. The van der Waals surface area contributed by atoms with Crippen LogP contribution in [0.3, 0.4) is 0 Å². The second-order valence-corrected chi connectivity index (χ2v) is 5.95. The predicted octanol–water partition coefficient (Wildman–Crippen LogP) is 2.59. The van der Waals surface area contributed by atoms with E-state index in [2.05, 4.69) is 20.9 Å². The first kappa shape index (κ1) is 13.5. The number of fused-ring (bicyclic) bond motifs is 1. The topological polar surface area (TPSA) is 53.4 Å². The summed E-state index contributed by atoms with van der Waals surface area (Å²) < 4.78 is 0.976. The van der Waals surface area contributed by atoms with Gasteiger partial charge in [0, 0.05) is 22.6 Å². The molecule has 1 N–H and O–H groups in total. The highest BCUT2D eigenvalue weighted by Crippen LogP contribution is 2.23. The van der Waals surface area contributed by atoms with Gasteiger partial charge in [-0.3, -0.25) is 9.78 Å². The first-order chi connectivity index (χ1) is 9.69. The molecule has 0 radical (unpaired) electrons. The van der Waals surface area contributed by atoms with Crippen molar-refractivity contribution in [2.45, 2.75) is 18.9 Å². The van der Waals surface area contributed by atoms with Crippen LogP contribution in [0.2, 0.25) is 0 Å². The zero-order chi connectivity index (χ0) is 14.1. The standard InChI is InChI=1S/C15H15BrN2O2/c16-12-4-3-10-8-17-14(7-11(10)6-12)15(20)18-5-1-2-13(18)9-19/h3-4,6-8,13,19H,1-2,5,9H2/t13-/m0/s1. The minimum atomic E-state index is -0.0941. The molecule has 1 fully saturated rings. The van der Waals surface area contributed by atoms with Gasteiger partial charge in [-0.05, 0) is 36.4 Å². The Balaban J connectivity index is 1.95. The Morgan fingerprint density at radius 3 is 3.05 bits per heavy atom. The zero-order valence-electron chi connectivity index (χ0n) is 10.9. The van der Waals surface area contributed by atoms with Crippen LogP contribution in [-0.4, -0.2) is 40.1 Å². The summed E-state index contributed by atoms with van der Waals surface area (Å²) in [7, 11) is 0. The molecule has 0 saturated carbocycles. The van der Waals surface area contributed by atoms with Gasteiger partial charge in [0.1, 0.15) is 5.69 Å². The Bertz CT molecular complexity index is 659. The summed E-state index contributed by atoms with van der Waals surface area (Å²) in [6.07, 6.45) is 3.52. The Hall–Kier alpha value is -1.46. The summed E-state index contributed by atoms with van der Waals surface area (Å²) in [5, 5.41) is 11.3. The van der Waals surface area contributed by atoms with Gasteiger partial charge in [0.2, 0.25) is 0 Å². The van der Waals surface area contributed by atoms with Crippen molar-refractivity contribution >= 4 is 32.6 Å². The van der Waals surface area contributed by atoms with Gasteiger partial charge in [-0.2, -0.15) is 0 Å². The van der Waals surface area contributed by atoms with E-state index in [9.17, 15) is 9.90 Å². The van der Waals surface area contributed by atoms with Crippen LogP contribution in [-0.2, 0) is 0 Å². The highest BCUT2D eigenvalue weighted by molar-refractivity contribution is 9.10. The van der Waals surface area contributed by atoms with Crippen molar-refractivity contribution in [3.05, 3.63) is 40.6 Å². The highest BCUT2D eigenvalue weighted by Gasteiger charge is 2.29. The molecular weight excluding hydrogens is 320 g/mol. The number of aliphatic hydroxyl groups is 1. The molecule has 4 nitrogen and oxygen atoms in total. The van der Waals surface area contributed by atoms with E-state index < -0.39 is 0 Å². The molecule has 1 aliphatic heterocycles. The summed E-state index contributed by atoms with van der Waals surface area (Å²) in [5.41, 5.74) is 0.441. The molecule has 0 unspecified atom stereocenters. The summed E-state index contributed by atoms with van der Waals surface area (Å²) >= 11 is 3.43. The van der Waals surface area contributed by atoms with Crippen molar-refractivity contribution < 1.29 is 9.90 Å². The molecule has 3 rings (SSSR count). The third-order valence-corrected chi connectivity index (χ3v) is 4.24. The van der Waals surface area contributed by atoms with E-state index >= 15 is 0 Å². The molecular formula is C15H15BrN2O2. The number of halogens is 1. The smallest absolute Gasteiger partial charge is 0.272 e. The van der Waals surface area contributed by atoms with E-state index in [0.717, 1.165) is 28.1 Å².